The van der Waals surface area contributed by atoms with Gasteiger partial charge in [0.25, 0.3) is 0 Å². The number of nitrogens with two attached hydrogens (primary N) is 1. The van der Waals surface area contributed by atoms with Crippen molar-refractivity contribution in [2.75, 3.05) is 6.26 Å². The van der Waals surface area contributed by atoms with E-state index >= 15 is 0 Å². The number of sulfone groups is 1. The number of hydrogen-bond acceptors (Lipinski definition) is 6. The zero-order valence-electron chi connectivity index (χ0n) is 15.4. The summed E-state index contributed by atoms with van der Waals surface area (Å²) in [6, 6.07) is 13.8. The van der Waals surface area contributed by atoms with Crippen molar-refractivity contribution in [2.45, 2.75) is 35.0 Å². The Bertz CT molecular complexity index is 1150. The molecule has 0 atom stereocenters. The third-order valence-electron chi connectivity index (χ3n) is 4.37. The molecule has 0 unspecified atom stereocenters. The van der Waals surface area contributed by atoms with E-state index in [-0.39, 0.29) is 29.7 Å². The highest BCUT2D eigenvalue weighted by Crippen LogP contribution is 2.38. The van der Waals surface area contributed by atoms with Crippen molar-refractivity contribution in [2.24, 2.45) is 5.73 Å². The second kappa shape index (κ2) is 9.13. The predicted octanol–water partition coefficient (Wildman–Crippen LogP) is 4.69. The molecule has 0 saturated carbocycles. The van der Waals surface area contributed by atoms with Crippen molar-refractivity contribution >= 4 is 38.8 Å². The first-order valence-corrected chi connectivity index (χ1v) is 11.9. The number of thioether (sulfide) groups is 1. The lowest BCUT2D eigenvalue weighted by molar-refractivity contribution is 0.282. The topological polar surface area (TPSA) is 104 Å². The molecule has 1 heterocycles. The molecule has 0 spiro atoms. The van der Waals surface area contributed by atoms with Crippen LogP contribution in [0.15, 0.2) is 62.5 Å². The standard InChI is InChI=1S/C20H20N2O3S3.CH4/c1-12-5-3-7-14(11-23)18(12)13-6-4-8-15(9-13)28(24,25)17-10-16(19(21)22)27-20(17)26-2;/h3-10,23H,11H2,1-2H3,(H3,21,22);1H4. The summed E-state index contributed by atoms with van der Waals surface area (Å²) in [6.45, 7) is 1.80. The summed E-state index contributed by atoms with van der Waals surface area (Å²) >= 11 is 2.52. The number of nitrogens with one attached hydrogen (secondary N) is 1. The van der Waals surface area contributed by atoms with Crippen LogP contribution in [0.4, 0.5) is 0 Å². The molecule has 3 aromatic rings. The minimum Gasteiger partial charge on any atom is -0.392 e. The highest BCUT2D eigenvalue weighted by molar-refractivity contribution is 8.01. The first kappa shape index (κ1) is 23.2. The molecule has 8 heteroatoms. The normalized spacial score (nSPS) is 11.1. The van der Waals surface area contributed by atoms with Gasteiger partial charge in [-0.1, -0.05) is 37.8 Å². The zero-order valence-corrected chi connectivity index (χ0v) is 17.8. The number of thiophene rings is 1. The fraction of sp³-hybridized carbons (Fsp3) is 0.190. The molecule has 0 amide bonds. The van der Waals surface area contributed by atoms with Gasteiger partial charge in [0.2, 0.25) is 9.84 Å². The monoisotopic (exact) mass is 448 g/mol. The molecular weight excluding hydrogens is 424 g/mol. The minimum atomic E-state index is -3.78. The molecule has 0 fully saturated rings. The summed E-state index contributed by atoms with van der Waals surface area (Å²) in [5, 5.41) is 17.3. The van der Waals surface area contributed by atoms with Gasteiger partial charge in [-0.05, 0) is 53.6 Å². The lowest BCUT2D eigenvalue weighted by Crippen LogP contribution is -2.08. The number of aliphatic hydroxyl groups is 1. The average molecular weight is 449 g/mol. The number of aryl methyl sites for hydroxylation is 1. The van der Waals surface area contributed by atoms with Gasteiger partial charge in [0, 0.05) is 0 Å². The third kappa shape index (κ3) is 4.40. The van der Waals surface area contributed by atoms with Crippen molar-refractivity contribution in [1.82, 2.24) is 0 Å². The molecule has 1 aromatic heterocycles. The molecule has 4 N–H and O–H groups in total. The van der Waals surface area contributed by atoms with Crippen LogP contribution in [0.1, 0.15) is 23.4 Å². The van der Waals surface area contributed by atoms with E-state index in [0.29, 0.717) is 9.09 Å². The molecule has 154 valence electrons. The molecule has 5 nitrogen and oxygen atoms in total. The molecule has 0 aliphatic heterocycles. The van der Waals surface area contributed by atoms with Crippen LogP contribution < -0.4 is 5.73 Å². The Labute approximate surface area is 180 Å². The Balaban J connectivity index is 0.00000300. The molecular formula is C21H24N2O3S3. The fourth-order valence-electron chi connectivity index (χ4n) is 3.04. The van der Waals surface area contributed by atoms with Crippen LogP contribution in [-0.4, -0.2) is 25.6 Å². The van der Waals surface area contributed by atoms with E-state index < -0.39 is 9.84 Å². The van der Waals surface area contributed by atoms with Gasteiger partial charge in [-0.15, -0.1) is 23.1 Å². The number of nitrogen functional groups attached to an aromatic ring is 1. The smallest absolute Gasteiger partial charge is 0.208 e. The van der Waals surface area contributed by atoms with Crippen LogP contribution in [0.2, 0.25) is 0 Å². The number of aliphatic hydroxyl groups excluding tert-OH is 1. The summed E-state index contributed by atoms with van der Waals surface area (Å²) in [4.78, 5) is 0.764. The quantitative estimate of drug-likeness (QED) is 0.288. The molecule has 0 radical (unpaired) electrons. The first-order valence-electron chi connectivity index (χ1n) is 8.36. The highest BCUT2D eigenvalue weighted by Gasteiger charge is 2.25. The SMILES string of the molecule is C.CSc1sc(C(=N)N)cc1S(=O)(=O)c1cccc(-c2c(C)cccc2CO)c1. The maximum absolute atomic E-state index is 13.3. The minimum absolute atomic E-state index is 0. The van der Waals surface area contributed by atoms with E-state index in [9.17, 15) is 13.5 Å². The van der Waals surface area contributed by atoms with Gasteiger partial charge in [-0.3, -0.25) is 5.41 Å². The van der Waals surface area contributed by atoms with Crippen molar-refractivity contribution in [3.05, 3.63) is 64.5 Å². The maximum Gasteiger partial charge on any atom is 0.208 e. The lowest BCUT2D eigenvalue weighted by atomic mass is 9.95. The summed E-state index contributed by atoms with van der Waals surface area (Å²) in [5.41, 5.74) is 8.82. The van der Waals surface area contributed by atoms with Crippen molar-refractivity contribution in [3.8, 4) is 11.1 Å². The van der Waals surface area contributed by atoms with Crippen molar-refractivity contribution in [1.29, 1.82) is 5.41 Å². The summed E-state index contributed by atoms with van der Waals surface area (Å²) in [7, 11) is -3.78. The van der Waals surface area contributed by atoms with Crippen LogP contribution in [0.5, 0.6) is 0 Å². The first-order chi connectivity index (χ1) is 13.3. The van der Waals surface area contributed by atoms with Crippen LogP contribution in [0.3, 0.4) is 0 Å². The maximum atomic E-state index is 13.3. The van der Waals surface area contributed by atoms with Gasteiger partial charge < -0.3 is 10.8 Å². The van der Waals surface area contributed by atoms with Gasteiger partial charge in [0.05, 0.1) is 25.5 Å². The lowest BCUT2D eigenvalue weighted by Gasteiger charge is -2.13. The molecule has 0 aliphatic rings. The van der Waals surface area contributed by atoms with E-state index in [2.05, 4.69) is 0 Å². The summed E-state index contributed by atoms with van der Waals surface area (Å²) in [6.07, 6.45) is 1.80. The Kier molecular flexibility index (Phi) is 7.29. The number of hydrogen-bond donors (Lipinski definition) is 3. The Morgan fingerprint density at radius 1 is 1.21 bits per heavy atom. The van der Waals surface area contributed by atoms with E-state index in [1.807, 2.05) is 31.2 Å². The van der Waals surface area contributed by atoms with Crippen molar-refractivity contribution < 1.29 is 13.5 Å². The van der Waals surface area contributed by atoms with Gasteiger partial charge in [-0.2, -0.15) is 0 Å². The van der Waals surface area contributed by atoms with Crippen LogP contribution in [0.25, 0.3) is 11.1 Å². The molecule has 0 bridgehead atoms. The van der Waals surface area contributed by atoms with Gasteiger partial charge in [0.15, 0.2) is 0 Å². The number of rotatable bonds is 6. The highest BCUT2D eigenvalue weighted by atomic mass is 32.2. The van der Waals surface area contributed by atoms with E-state index in [1.165, 1.54) is 29.2 Å². The molecule has 29 heavy (non-hydrogen) atoms. The van der Waals surface area contributed by atoms with Crippen LogP contribution in [-0.2, 0) is 16.4 Å². The third-order valence-corrected chi connectivity index (χ3v) is 8.71. The number of benzene rings is 2. The Morgan fingerprint density at radius 3 is 2.52 bits per heavy atom. The Hall–Kier alpha value is -2.13. The second-order valence-corrected chi connectivity index (χ2v) is 10.2. The molecule has 0 saturated heterocycles. The molecule has 3 rings (SSSR count). The van der Waals surface area contributed by atoms with Gasteiger partial charge >= 0.3 is 0 Å². The van der Waals surface area contributed by atoms with Crippen LogP contribution in [0, 0.1) is 12.3 Å². The second-order valence-electron chi connectivity index (χ2n) is 6.18. The largest absolute Gasteiger partial charge is 0.392 e. The summed E-state index contributed by atoms with van der Waals surface area (Å²) in [5.74, 6) is -0.150. The molecule has 0 aliphatic carbocycles. The fourth-order valence-corrected chi connectivity index (χ4v) is 6.94. The van der Waals surface area contributed by atoms with Gasteiger partial charge in [-0.25, -0.2) is 8.42 Å². The Morgan fingerprint density at radius 2 is 1.90 bits per heavy atom. The van der Waals surface area contributed by atoms with E-state index in [1.54, 1.807) is 24.5 Å². The average Bonchev–Trinajstić information content (AvgIpc) is 3.13. The predicted molar refractivity (Wildman–Crippen MR) is 122 cm³/mol. The zero-order chi connectivity index (χ0) is 20.5. The van der Waals surface area contributed by atoms with Crippen molar-refractivity contribution in [3.63, 3.8) is 0 Å². The summed E-state index contributed by atoms with van der Waals surface area (Å²) < 4.78 is 27.2. The van der Waals surface area contributed by atoms with E-state index in [4.69, 9.17) is 11.1 Å². The van der Waals surface area contributed by atoms with Crippen LogP contribution >= 0.6 is 23.1 Å². The number of amidine groups is 1. The van der Waals surface area contributed by atoms with E-state index in [0.717, 1.165) is 22.3 Å². The van der Waals surface area contributed by atoms with Gasteiger partial charge in [0.1, 0.15) is 5.84 Å². The molecule has 2 aromatic carbocycles.